The van der Waals surface area contributed by atoms with E-state index in [1.807, 2.05) is 25.3 Å². The molecule has 3 rings (SSSR count). The molecule has 0 atom stereocenters. The molecule has 2 aromatic heterocycles. The van der Waals surface area contributed by atoms with Crippen LogP contribution in [0.3, 0.4) is 0 Å². The molecule has 0 bridgehead atoms. The molecule has 0 aliphatic rings. The summed E-state index contributed by atoms with van der Waals surface area (Å²) in [4.78, 5) is 12.2. The maximum Gasteiger partial charge on any atom is 0.147 e. The molecular weight excluding hydrogens is 302 g/mol. The van der Waals surface area contributed by atoms with Gasteiger partial charge in [-0.15, -0.1) is 0 Å². The van der Waals surface area contributed by atoms with Gasteiger partial charge in [-0.05, 0) is 26.8 Å². The van der Waals surface area contributed by atoms with Gasteiger partial charge in [0.1, 0.15) is 11.9 Å². The van der Waals surface area contributed by atoms with Crippen molar-refractivity contribution < 1.29 is 5.11 Å². The number of benzene rings is 1. The molecule has 0 aliphatic carbocycles. The van der Waals surface area contributed by atoms with Gasteiger partial charge in [-0.2, -0.15) is 5.26 Å². The quantitative estimate of drug-likeness (QED) is 0.686. The Hall–Kier alpha value is -2.91. The molecule has 6 nitrogen and oxygen atoms in total. The molecule has 0 unspecified atom stereocenters. The fourth-order valence-corrected chi connectivity index (χ4v) is 2.54. The maximum atomic E-state index is 9.80. The van der Waals surface area contributed by atoms with Crippen LogP contribution in [0.1, 0.15) is 25.1 Å². The third kappa shape index (κ3) is 3.07. The van der Waals surface area contributed by atoms with Gasteiger partial charge in [0, 0.05) is 23.7 Å². The Bertz CT molecular complexity index is 931. The second-order valence-electron chi connectivity index (χ2n) is 6.40. The lowest BCUT2D eigenvalue weighted by Gasteiger charge is -2.18. The van der Waals surface area contributed by atoms with Crippen molar-refractivity contribution in [1.82, 2.24) is 15.0 Å². The highest BCUT2D eigenvalue weighted by Crippen LogP contribution is 2.29. The Kier molecular flexibility index (Phi) is 3.96. The smallest absolute Gasteiger partial charge is 0.147 e. The number of H-pyrrole nitrogens is 1. The Morgan fingerprint density at radius 3 is 2.83 bits per heavy atom. The second kappa shape index (κ2) is 5.95. The van der Waals surface area contributed by atoms with E-state index in [-0.39, 0.29) is 0 Å². The monoisotopic (exact) mass is 321 g/mol. The summed E-state index contributed by atoms with van der Waals surface area (Å²) in [6.45, 7) is 5.73. The van der Waals surface area contributed by atoms with E-state index in [1.54, 1.807) is 26.1 Å². The summed E-state index contributed by atoms with van der Waals surface area (Å²) >= 11 is 0. The molecule has 0 radical (unpaired) electrons. The zero-order valence-electron chi connectivity index (χ0n) is 13.9. The van der Waals surface area contributed by atoms with Crippen LogP contribution < -0.4 is 5.32 Å². The van der Waals surface area contributed by atoms with Crippen molar-refractivity contribution in [2.24, 2.45) is 0 Å². The first-order chi connectivity index (χ1) is 11.4. The predicted octanol–water partition coefficient (Wildman–Crippen LogP) is 2.99. The van der Waals surface area contributed by atoms with Crippen LogP contribution in [0, 0.1) is 18.3 Å². The number of aromatic nitrogens is 3. The molecule has 2 heterocycles. The van der Waals surface area contributed by atoms with Crippen LogP contribution in [0.4, 0.5) is 5.82 Å². The first-order valence-corrected chi connectivity index (χ1v) is 7.69. The Balaban J connectivity index is 1.97. The van der Waals surface area contributed by atoms with Crippen LogP contribution in [-0.2, 0) is 0 Å². The molecule has 6 heteroatoms. The van der Waals surface area contributed by atoms with Gasteiger partial charge in [0.05, 0.1) is 34.3 Å². The zero-order chi connectivity index (χ0) is 17.3. The molecule has 0 fully saturated rings. The third-order valence-electron chi connectivity index (χ3n) is 3.75. The molecule has 122 valence electrons. The second-order valence-corrected chi connectivity index (χ2v) is 6.40. The van der Waals surface area contributed by atoms with Gasteiger partial charge in [-0.1, -0.05) is 12.1 Å². The third-order valence-corrected chi connectivity index (χ3v) is 3.75. The summed E-state index contributed by atoms with van der Waals surface area (Å²) in [5.41, 5.74) is 2.99. The van der Waals surface area contributed by atoms with Gasteiger partial charge >= 0.3 is 0 Å². The van der Waals surface area contributed by atoms with E-state index in [4.69, 9.17) is 0 Å². The van der Waals surface area contributed by atoms with Crippen molar-refractivity contribution in [3.05, 3.63) is 41.9 Å². The number of anilines is 1. The number of hydrogen-bond donors (Lipinski definition) is 3. The Morgan fingerprint density at radius 2 is 2.17 bits per heavy atom. The number of nitriles is 1. The van der Waals surface area contributed by atoms with Crippen molar-refractivity contribution in [2.75, 3.05) is 11.9 Å². The molecule has 0 aliphatic heterocycles. The van der Waals surface area contributed by atoms with E-state index < -0.39 is 5.60 Å². The van der Waals surface area contributed by atoms with Gasteiger partial charge in [0.2, 0.25) is 0 Å². The Labute approximate surface area is 140 Å². The van der Waals surface area contributed by atoms with Crippen LogP contribution in [0.5, 0.6) is 0 Å². The largest absolute Gasteiger partial charge is 0.389 e. The number of aliphatic hydroxyl groups is 1. The van der Waals surface area contributed by atoms with Crippen LogP contribution in [0.15, 0.2) is 30.6 Å². The maximum absolute atomic E-state index is 9.80. The highest BCUT2D eigenvalue weighted by molar-refractivity contribution is 5.97. The number of aromatic amines is 1. The van der Waals surface area contributed by atoms with Crippen molar-refractivity contribution in [3.63, 3.8) is 0 Å². The zero-order valence-corrected chi connectivity index (χ0v) is 13.9. The summed E-state index contributed by atoms with van der Waals surface area (Å²) in [6.07, 6.45) is 3.54. The lowest BCUT2D eigenvalue weighted by Crippen LogP contribution is -2.29. The van der Waals surface area contributed by atoms with Crippen molar-refractivity contribution in [1.29, 1.82) is 5.26 Å². The fourth-order valence-electron chi connectivity index (χ4n) is 2.54. The van der Waals surface area contributed by atoms with Crippen molar-refractivity contribution in [2.45, 2.75) is 26.4 Å². The van der Waals surface area contributed by atoms with Gasteiger partial charge < -0.3 is 15.4 Å². The number of rotatable bonds is 4. The normalized spacial score (nSPS) is 11.5. The molecule has 3 N–H and O–H groups in total. The molecule has 24 heavy (non-hydrogen) atoms. The first kappa shape index (κ1) is 16.0. The Morgan fingerprint density at radius 1 is 1.38 bits per heavy atom. The van der Waals surface area contributed by atoms with Crippen LogP contribution in [0.25, 0.3) is 22.2 Å². The minimum atomic E-state index is -0.822. The first-order valence-electron chi connectivity index (χ1n) is 7.69. The van der Waals surface area contributed by atoms with E-state index >= 15 is 0 Å². The molecule has 0 saturated heterocycles. The van der Waals surface area contributed by atoms with Gasteiger partial charge in [-0.3, -0.25) is 0 Å². The number of hydrogen-bond acceptors (Lipinski definition) is 5. The van der Waals surface area contributed by atoms with Crippen LogP contribution in [-0.4, -0.2) is 32.2 Å². The summed E-state index contributed by atoms with van der Waals surface area (Å²) < 4.78 is 0. The highest BCUT2D eigenvalue weighted by atomic mass is 16.3. The van der Waals surface area contributed by atoms with Crippen molar-refractivity contribution in [3.8, 4) is 17.3 Å². The minimum absolute atomic E-state index is 0.389. The molecule has 1 aromatic carbocycles. The van der Waals surface area contributed by atoms with Gasteiger partial charge in [0.15, 0.2) is 0 Å². The summed E-state index contributed by atoms with van der Waals surface area (Å²) in [6, 6.07) is 7.78. The van der Waals surface area contributed by atoms with Crippen LogP contribution in [0.2, 0.25) is 0 Å². The van der Waals surface area contributed by atoms with Gasteiger partial charge in [-0.25, -0.2) is 9.97 Å². The van der Waals surface area contributed by atoms with E-state index in [2.05, 4.69) is 26.3 Å². The average Bonchev–Trinajstić information content (AvgIpc) is 2.96. The van der Waals surface area contributed by atoms with Crippen molar-refractivity contribution >= 4 is 16.7 Å². The number of aryl methyl sites for hydroxylation is 1. The summed E-state index contributed by atoms with van der Waals surface area (Å²) in [5.74, 6) is 0.651. The number of nitrogens with zero attached hydrogens (tertiary/aromatic N) is 3. The van der Waals surface area contributed by atoms with E-state index in [0.29, 0.717) is 17.9 Å². The minimum Gasteiger partial charge on any atom is -0.389 e. The van der Waals surface area contributed by atoms with Crippen LogP contribution >= 0.6 is 0 Å². The lowest BCUT2D eigenvalue weighted by atomic mass is 10.1. The molecular formula is C18H19N5O. The standard InChI is InChI=1S/C18H19N5O/c1-11-17(22-10-18(2,3)24)21-9-15(23-11)14-8-20-16-12(7-19)5-4-6-13(14)16/h4-6,8-9,20,24H,10H2,1-3H3,(H,21,22). The lowest BCUT2D eigenvalue weighted by molar-refractivity contribution is 0.0944. The number of nitrogens with one attached hydrogen (secondary N) is 2. The number of para-hydroxylation sites is 1. The topological polar surface area (TPSA) is 97.6 Å². The van der Waals surface area contributed by atoms with E-state index in [1.165, 1.54) is 0 Å². The fraction of sp³-hybridized carbons (Fsp3) is 0.278. The summed E-state index contributed by atoms with van der Waals surface area (Å²) in [5, 5.41) is 23.0. The SMILES string of the molecule is Cc1nc(-c2c[nH]c3c(C#N)cccc23)cnc1NCC(C)(C)O. The van der Waals surface area contributed by atoms with E-state index in [9.17, 15) is 10.4 Å². The predicted molar refractivity (Wildman–Crippen MR) is 93.6 cm³/mol. The summed E-state index contributed by atoms with van der Waals surface area (Å²) in [7, 11) is 0. The molecule has 0 spiro atoms. The molecule has 0 saturated carbocycles. The highest BCUT2D eigenvalue weighted by Gasteiger charge is 2.15. The number of fused-ring (bicyclic) bond motifs is 1. The molecule has 3 aromatic rings. The van der Waals surface area contributed by atoms with E-state index in [0.717, 1.165) is 27.9 Å². The van der Waals surface area contributed by atoms with Gasteiger partial charge in [0.25, 0.3) is 0 Å². The average molecular weight is 321 g/mol. The molecule has 0 amide bonds.